The lowest BCUT2D eigenvalue weighted by molar-refractivity contribution is -0.128. The largest absolute Gasteiger partial charge is 0.444 e. The van der Waals surface area contributed by atoms with E-state index in [2.05, 4.69) is 125 Å². The molecule has 3 N–H and O–H groups in total. The van der Waals surface area contributed by atoms with E-state index in [9.17, 15) is 14.4 Å². The number of unbranched alkanes of at least 4 members (excludes halogenated alkanes) is 1. The van der Waals surface area contributed by atoms with Crippen molar-refractivity contribution in [3.63, 3.8) is 0 Å². The summed E-state index contributed by atoms with van der Waals surface area (Å²) in [5.41, 5.74) is 6.00. The zero-order valence-electron chi connectivity index (χ0n) is 35.8. The first-order valence-corrected chi connectivity index (χ1v) is 23.2. The molecule has 1 unspecified atom stereocenters. The maximum Gasteiger partial charge on any atom is 0.407 e. The quantitative estimate of drug-likeness (QED) is 0.0523. The minimum absolute atomic E-state index is 0.103. The minimum Gasteiger partial charge on any atom is -0.444 e. The van der Waals surface area contributed by atoms with E-state index >= 15 is 0 Å². The Hall–Kier alpha value is -5.77. The summed E-state index contributed by atoms with van der Waals surface area (Å²) in [6, 6.07) is 61.4. The van der Waals surface area contributed by atoms with Crippen molar-refractivity contribution >= 4 is 41.4 Å². The highest BCUT2D eigenvalue weighted by atomic mass is 32.2. The number of rotatable bonds is 20. The van der Waals surface area contributed by atoms with Crippen molar-refractivity contribution in [2.24, 2.45) is 0 Å². The molecule has 0 heterocycles. The number of carbonyl (C=O) groups excluding carboxylic acids is 3. The van der Waals surface area contributed by atoms with Gasteiger partial charge in [0.2, 0.25) is 11.8 Å². The van der Waals surface area contributed by atoms with Gasteiger partial charge in [-0.3, -0.25) is 9.59 Å². The highest BCUT2D eigenvalue weighted by Gasteiger charge is 2.39. The van der Waals surface area contributed by atoms with Crippen LogP contribution in [0.2, 0.25) is 0 Å². The molecular weight excluding hydrogens is 807 g/mol. The van der Waals surface area contributed by atoms with Crippen molar-refractivity contribution in [3.8, 4) is 0 Å². The molecule has 0 aliphatic heterocycles. The molecule has 7 nitrogen and oxygen atoms in total. The van der Waals surface area contributed by atoms with E-state index in [1.165, 1.54) is 11.8 Å². The van der Waals surface area contributed by atoms with Gasteiger partial charge in [0, 0.05) is 18.8 Å². The molecule has 62 heavy (non-hydrogen) atoms. The third-order valence-corrected chi connectivity index (χ3v) is 13.6. The number of amides is 3. The standard InChI is InChI=1S/C53H57N3O4S2/c1-51(2,3)60-50(59)55-37-23-22-36-47(56-48(57)40-62-53(44-30-16-7-17-31-44,45-32-18-8-19-33-45)46-34-20-9-21-35-46)49(58)54-38-39-61-52(41-24-10-4-11-25-41,42-26-12-5-13-27-42)43-28-14-6-15-29-43/h4-21,24-35,47H,22-23,36-40H2,1-3H3,(H,54,58)(H,55,59)(H,56,57). The summed E-state index contributed by atoms with van der Waals surface area (Å²) in [7, 11) is 0. The van der Waals surface area contributed by atoms with Gasteiger partial charge in [-0.25, -0.2) is 4.79 Å². The molecule has 0 bridgehead atoms. The summed E-state index contributed by atoms with van der Waals surface area (Å²) < 4.78 is 4.18. The van der Waals surface area contributed by atoms with Crippen molar-refractivity contribution in [3.05, 3.63) is 215 Å². The molecule has 6 aromatic carbocycles. The number of hydrogen-bond donors (Lipinski definition) is 3. The normalized spacial score (nSPS) is 12.2. The van der Waals surface area contributed by atoms with Crippen LogP contribution in [0.5, 0.6) is 0 Å². The lowest BCUT2D eigenvalue weighted by Crippen LogP contribution is -2.48. The molecule has 0 spiro atoms. The number of benzene rings is 6. The monoisotopic (exact) mass is 863 g/mol. The van der Waals surface area contributed by atoms with Crippen LogP contribution in [0, 0.1) is 0 Å². The second-order valence-electron chi connectivity index (χ2n) is 16.0. The van der Waals surface area contributed by atoms with Crippen LogP contribution in [0.15, 0.2) is 182 Å². The molecule has 6 rings (SSSR count). The Morgan fingerprint density at radius 1 is 0.500 bits per heavy atom. The van der Waals surface area contributed by atoms with Crippen LogP contribution in [0.25, 0.3) is 0 Å². The molecule has 0 saturated heterocycles. The smallest absolute Gasteiger partial charge is 0.407 e. The first-order chi connectivity index (χ1) is 30.1. The Kier molecular flexibility index (Phi) is 16.5. The highest BCUT2D eigenvalue weighted by Crippen LogP contribution is 2.49. The van der Waals surface area contributed by atoms with E-state index in [-0.39, 0.29) is 17.6 Å². The number of thioether (sulfide) groups is 2. The Labute approximate surface area is 375 Å². The maximum atomic E-state index is 14.2. The third kappa shape index (κ3) is 12.0. The Morgan fingerprint density at radius 3 is 1.24 bits per heavy atom. The zero-order chi connectivity index (χ0) is 43.7. The first kappa shape index (κ1) is 45.7. The van der Waals surface area contributed by atoms with Gasteiger partial charge in [-0.1, -0.05) is 182 Å². The van der Waals surface area contributed by atoms with Gasteiger partial charge < -0.3 is 20.7 Å². The zero-order valence-corrected chi connectivity index (χ0v) is 37.4. The molecule has 0 radical (unpaired) electrons. The predicted molar refractivity (Wildman–Crippen MR) is 256 cm³/mol. The lowest BCUT2D eigenvalue weighted by Gasteiger charge is -2.35. The Morgan fingerprint density at radius 2 is 0.871 bits per heavy atom. The lowest BCUT2D eigenvalue weighted by atomic mass is 9.84. The fourth-order valence-electron chi connectivity index (χ4n) is 7.70. The molecule has 9 heteroatoms. The Bertz CT molecular complexity index is 2080. The van der Waals surface area contributed by atoms with Gasteiger partial charge in [0.05, 0.1) is 15.2 Å². The van der Waals surface area contributed by atoms with Gasteiger partial charge in [-0.15, -0.1) is 23.5 Å². The maximum absolute atomic E-state index is 14.2. The average Bonchev–Trinajstić information content (AvgIpc) is 3.30. The van der Waals surface area contributed by atoms with E-state index in [1.807, 2.05) is 93.6 Å². The molecule has 0 aromatic heterocycles. The van der Waals surface area contributed by atoms with Gasteiger partial charge in [0.25, 0.3) is 0 Å². The topological polar surface area (TPSA) is 96.5 Å². The van der Waals surface area contributed by atoms with Crippen LogP contribution in [0.3, 0.4) is 0 Å². The van der Waals surface area contributed by atoms with Gasteiger partial charge >= 0.3 is 6.09 Å². The SMILES string of the molecule is CC(C)(C)OC(=O)NCCCCC(NC(=O)CSC(c1ccccc1)(c1ccccc1)c1ccccc1)C(=O)NCCSC(c1ccccc1)(c1ccccc1)c1ccccc1. The van der Waals surface area contributed by atoms with Crippen LogP contribution >= 0.6 is 23.5 Å². The fourth-order valence-corrected chi connectivity index (χ4v) is 10.5. The minimum atomic E-state index is -0.781. The number of carbonyl (C=O) groups is 3. The van der Waals surface area contributed by atoms with Crippen molar-refractivity contribution in [1.82, 2.24) is 16.0 Å². The number of hydrogen-bond acceptors (Lipinski definition) is 6. The van der Waals surface area contributed by atoms with E-state index in [4.69, 9.17) is 4.74 Å². The summed E-state index contributed by atoms with van der Waals surface area (Å²) in [5, 5.41) is 9.11. The van der Waals surface area contributed by atoms with E-state index in [1.54, 1.807) is 11.8 Å². The molecule has 6 aromatic rings. The first-order valence-electron chi connectivity index (χ1n) is 21.3. The summed E-state index contributed by atoms with van der Waals surface area (Å²) in [6.07, 6.45) is 1.12. The van der Waals surface area contributed by atoms with Crippen LogP contribution in [0.4, 0.5) is 4.79 Å². The number of nitrogens with one attached hydrogen (secondary N) is 3. The van der Waals surface area contributed by atoms with E-state index < -0.39 is 27.2 Å². The molecule has 0 saturated carbocycles. The summed E-state index contributed by atoms with van der Waals surface area (Å²) in [5.74, 6) is 0.231. The predicted octanol–water partition coefficient (Wildman–Crippen LogP) is 10.7. The summed E-state index contributed by atoms with van der Waals surface area (Å²) in [4.78, 5) is 40.6. The fraction of sp³-hybridized carbons (Fsp3) is 0.264. The highest BCUT2D eigenvalue weighted by molar-refractivity contribution is 8.01. The average molecular weight is 864 g/mol. The summed E-state index contributed by atoms with van der Waals surface area (Å²) >= 11 is 3.31. The second kappa shape index (κ2) is 22.4. The van der Waals surface area contributed by atoms with Crippen molar-refractivity contribution in [2.45, 2.75) is 61.2 Å². The van der Waals surface area contributed by atoms with Crippen molar-refractivity contribution in [1.29, 1.82) is 0 Å². The molecule has 0 fully saturated rings. The summed E-state index contributed by atoms with van der Waals surface area (Å²) in [6.45, 7) is 6.24. The number of ether oxygens (including phenoxy) is 1. The van der Waals surface area contributed by atoms with Crippen molar-refractivity contribution < 1.29 is 19.1 Å². The third-order valence-electron chi connectivity index (χ3n) is 10.5. The Balaban J connectivity index is 1.19. The van der Waals surface area contributed by atoms with Gasteiger partial charge in [-0.05, 0) is 73.4 Å². The molecule has 320 valence electrons. The van der Waals surface area contributed by atoms with Crippen LogP contribution in [-0.4, -0.2) is 54.1 Å². The van der Waals surface area contributed by atoms with Crippen LogP contribution < -0.4 is 16.0 Å². The number of alkyl carbamates (subject to hydrolysis) is 1. The van der Waals surface area contributed by atoms with Crippen molar-refractivity contribution in [2.75, 3.05) is 24.6 Å². The molecular formula is C53H57N3O4S2. The van der Waals surface area contributed by atoms with Crippen LogP contribution in [-0.2, 0) is 23.8 Å². The molecule has 1 atom stereocenters. The van der Waals surface area contributed by atoms with Gasteiger partial charge in [0.15, 0.2) is 0 Å². The molecule has 0 aliphatic rings. The van der Waals surface area contributed by atoms with Crippen LogP contribution in [0.1, 0.15) is 73.4 Å². The second-order valence-corrected chi connectivity index (χ2v) is 18.5. The molecule has 3 amide bonds. The molecule has 0 aliphatic carbocycles. The van der Waals surface area contributed by atoms with E-state index in [0.717, 1.165) is 33.4 Å². The van der Waals surface area contributed by atoms with Gasteiger partial charge in [-0.2, -0.15) is 0 Å². The van der Waals surface area contributed by atoms with E-state index in [0.29, 0.717) is 38.1 Å². The van der Waals surface area contributed by atoms with Gasteiger partial charge in [0.1, 0.15) is 11.6 Å².